The zero-order valence-corrected chi connectivity index (χ0v) is 11.6. The van der Waals surface area contributed by atoms with E-state index < -0.39 is 17.3 Å². The molecule has 110 valence electrons. The summed E-state index contributed by atoms with van der Waals surface area (Å²) < 4.78 is 13.7. The topological polar surface area (TPSA) is 95.7 Å². The van der Waals surface area contributed by atoms with Crippen LogP contribution in [0.2, 0.25) is 0 Å². The van der Waals surface area contributed by atoms with E-state index in [1.165, 1.54) is 7.05 Å². The Kier molecular flexibility index (Phi) is 4.90. The minimum atomic E-state index is -1.37. The van der Waals surface area contributed by atoms with Gasteiger partial charge in [0, 0.05) is 26.7 Å². The summed E-state index contributed by atoms with van der Waals surface area (Å²) in [5.41, 5.74) is 5.77. The molecule has 0 spiro atoms. The number of carboxylic acids is 1. The average Bonchev–Trinajstić information content (AvgIpc) is 2.39. The van der Waals surface area contributed by atoms with E-state index >= 15 is 0 Å². The lowest BCUT2D eigenvalue weighted by atomic mass is 10.1. The highest BCUT2D eigenvalue weighted by atomic mass is 19.1. The molecule has 0 saturated carbocycles. The number of rotatable bonds is 5. The number of anilines is 2. The van der Waals surface area contributed by atoms with E-state index in [0.29, 0.717) is 12.2 Å². The molecule has 1 unspecified atom stereocenters. The number of carbonyl (C=O) groups excluding carboxylic acids is 1. The van der Waals surface area contributed by atoms with Gasteiger partial charge < -0.3 is 21.1 Å². The fraction of sp³-hybridized carbons (Fsp3) is 0.385. The summed E-state index contributed by atoms with van der Waals surface area (Å²) in [6, 6.07) is 2.14. The van der Waals surface area contributed by atoms with Crippen LogP contribution < -0.4 is 16.0 Å². The van der Waals surface area contributed by atoms with Crippen LogP contribution in [0.25, 0.3) is 0 Å². The molecule has 1 aromatic rings. The first kappa shape index (κ1) is 15.7. The van der Waals surface area contributed by atoms with Crippen molar-refractivity contribution in [1.29, 1.82) is 0 Å². The fourth-order valence-corrected chi connectivity index (χ4v) is 1.91. The van der Waals surface area contributed by atoms with Gasteiger partial charge in [0.05, 0.1) is 22.9 Å². The van der Waals surface area contributed by atoms with Crippen LogP contribution >= 0.6 is 0 Å². The van der Waals surface area contributed by atoms with Gasteiger partial charge in [0.25, 0.3) is 0 Å². The zero-order valence-electron chi connectivity index (χ0n) is 11.6. The van der Waals surface area contributed by atoms with Crippen molar-refractivity contribution in [2.75, 3.05) is 31.3 Å². The fourth-order valence-electron chi connectivity index (χ4n) is 1.91. The molecule has 0 fully saturated rings. The number of hydrogen-bond acceptors (Lipinski definition) is 4. The van der Waals surface area contributed by atoms with Crippen LogP contribution in [0.3, 0.4) is 0 Å². The molecule has 20 heavy (non-hydrogen) atoms. The molecule has 1 aromatic carbocycles. The second kappa shape index (κ2) is 6.23. The monoisotopic (exact) mass is 283 g/mol. The van der Waals surface area contributed by atoms with Crippen molar-refractivity contribution >= 4 is 23.3 Å². The quantitative estimate of drug-likeness (QED) is 0.698. The predicted molar refractivity (Wildman–Crippen MR) is 74.3 cm³/mol. The minimum absolute atomic E-state index is 0.141. The van der Waals surface area contributed by atoms with E-state index in [0.717, 1.165) is 12.1 Å². The van der Waals surface area contributed by atoms with Gasteiger partial charge in [0.1, 0.15) is 5.82 Å². The highest BCUT2D eigenvalue weighted by Gasteiger charge is 2.19. The first-order chi connectivity index (χ1) is 9.27. The van der Waals surface area contributed by atoms with Gasteiger partial charge in [-0.15, -0.1) is 0 Å². The molecule has 0 saturated heterocycles. The highest BCUT2D eigenvalue weighted by Crippen LogP contribution is 2.26. The highest BCUT2D eigenvalue weighted by molar-refractivity contribution is 5.91. The van der Waals surface area contributed by atoms with Crippen molar-refractivity contribution in [3.8, 4) is 0 Å². The van der Waals surface area contributed by atoms with Crippen LogP contribution in [0.4, 0.5) is 15.8 Å². The van der Waals surface area contributed by atoms with Gasteiger partial charge in [0.2, 0.25) is 5.91 Å². The average molecular weight is 283 g/mol. The maximum Gasteiger partial charge on any atom is 0.338 e. The van der Waals surface area contributed by atoms with Gasteiger partial charge in [-0.2, -0.15) is 0 Å². The molecule has 0 aliphatic heterocycles. The molecule has 0 aromatic heterocycles. The third-order valence-electron chi connectivity index (χ3n) is 3.00. The predicted octanol–water partition coefficient (Wildman–Crippen LogP) is 0.924. The van der Waals surface area contributed by atoms with Crippen molar-refractivity contribution < 1.29 is 19.1 Å². The van der Waals surface area contributed by atoms with Crippen LogP contribution in [0.15, 0.2) is 12.1 Å². The lowest BCUT2D eigenvalue weighted by molar-refractivity contribution is -0.123. The van der Waals surface area contributed by atoms with E-state index in [-0.39, 0.29) is 17.5 Å². The molecule has 0 radical (unpaired) electrons. The number of halogens is 1. The largest absolute Gasteiger partial charge is 0.478 e. The molecule has 1 atom stereocenters. The van der Waals surface area contributed by atoms with Gasteiger partial charge in [-0.25, -0.2) is 9.18 Å². The Bertz CT molecular complexity index is 534. The van der Waals surface area contributed by atoms with Crippen molar-refractivity contribution in [3.63, 3.8) is 0 Å². The van der Waals surface area contributed by atoms with Gasteiger partial charge >= 0.3 is 5.97 Å². The molecule has 0 heterocycles. The Morgan fingerprint density at radius 3 is 2.60 bits per heavy atom. The lowest BCUT2D eigenvalue weighted by Crippen LogP contribution is -2.34. The Morgan fingerprint density at radius 1 is 1.50 bits per heavy atom. The molecule has 7 heteroatoms. The van der Waals surface area contributed by atoms with E-state index in [1.807, 2.05) is 0 Å². The molecular weight excluding hydrogens is 265 g/mol. The summed E-state index contributed by atoms with van der Waals surface area (Å²) in [7, 11) is 3.19. The third-order valence-corrected chi connectivity index (χ3v) is 3.00. The standard InChI is InChI=1S/C13H18FN3O3/c1-7(12(18)16-2)6-17(3)11-5-9(14)8(13(19)20)4-10(11)15/h4-5,7H,6,15H2,1-3H3,(H,16,18)(H,19,20). The van der Waals surface area contributed by atoms with Crippen molar-refractivity contribution in [1.82, 2.24) is 5.32 Å². The normalized spacial score (nSPS) is 11.8. The summed E-state index contributed by atoms with van der Waals surface area (Å²) in [6.07, 6.45) is 0. The Balaban J connectivity index is 2.99. The molecule has 1 rings (SSSR count). The van der Waals surface area contributed by atoms with Crippen molar-refractivity contribution in [3.05, 3.63) is 23.5 Å². The zero-order chi connectivity index (χ0) is 15.4. The maximum atomic E-state index is 13.7. The second-order valence-corrected chi connectivity index (χ2v) is 4.59. The third kappa shape index (κ3) is 3.37. The van der Waals surface area contributed by atoms with Crippen molar-refractivity contribution in [2.45, 2.75) is 6.92 Å². The number of hydrogen-bond donors (Lipinski definition) is 3. The van der Waals surface area contributed by atoms with Crippen LogP contribution in [0.1, 0.15) is 17.3 Å². The van der Waals surface area contributed by atoms with Gasteiger partial charge in [0.15, 0.2) is 0 Å². The molecule has 4 N–H and O–H groups in total. The molecule has 0 aliphatic rings. The Hall–Kier alpha value is -2.31. The van der Waals surface area contributed by atoms with Gasteiger partial charge in [-0.05, 0) is 6.07 Å². The summed E-state index contributed by atoms with van der Waals surface area (Å²) >= 11 is 0. The van der Waals surface area contributed by atoms with Crippen LogP contribution in [-0.2, 0) is 4.79 Å². The van der Waals surface area contributed by atoms with Crippen LogP contribution in [0.5, 0.6) is 0 Å². The summed E-state index contributed by atoms with van der Waals surface area (Å²) in [6.45, 7) is 2.06. The Labute approximate surface area is 116 Å². The number of carboxylic acid groups (broad SMARTS) is 1. The van der Waals surface area contributed by atoms with E-state index in [2.05, 4.69) is 5.32 Å². The number of aromatic carboxylic acids is 1. The van der Waals surface area contributed by atoms with E-state index in [4.69, 9.17) is 10.8 Å². The molecule has 0 aliphatic carbocycles. The lowest BCUT2D eigenvalue weighted by Gasteiger charge is -2.24. The first-order valence-corrected chi connectivity index (χ1v) is 6.03. The minimum Gasteiger partial charge on any atom is -0.478 e. The number of nitrogens with two attached hydrogens (primary N) is 1. The molecule has 0 bridgehead atoms. The molecule has 6 nitrogen and oxygen atoms in total. The van der Waals surface area contributed by atoms with Gasteiger partial charge in [-0.1, -0.05) is 6.92 Å². The number of nitrogens with one attached hydrogen (secondary N) is 1. The van der Waals surface area contributed by atoms with E-state index in [9.17, 15) is 14.0 Å². The Morgan fingerprint density at radius 2 is 2.10 bits per heavy atom. The number of benzene rings is 1. The molecule has 1 amide bonds. The number of nitrogen functional groups attached to an aromatic ring is 1. The van der Waals surface area contributed by atoms with E-state index in [1.54, 1.807) is 18.9 Å². The smallest absolute Gasteiger partial charge is 0.338 e. The summed E-state index contributed by atoms with van der Waals surface area (Å²) in [4.78, 5) is 23.9. The summed E-state index contributed by atoms with van der Waals surface area (Å²) in [5.74, 6) is -2.69. The number of amides is 1. The summed E-state index contributed by atoms with van der Waals surface area (Å²) in [5, 5.41) is 11.3. The molecular formula is C13H18FN3O3. The van der Waals surface area contributed by atoms with Crippen LogP contribution in [0, 0.1) is 11.7 Å². The van der Waals surface area contributed by atoms with Gasteiger partial charge in [-0.3, -0.25) is 4.79 Å². The second-order valence-electron chi connectivity index (χ2n) is 4.59. The number of carbonyl (C=O) groups is 2. The van der Waals surface area contributed by atoms with Crippen LogP contribution in [-0.4, -0.2) is 37.6 Å². The number of nitrogens with zero attached hydrogens (tertiary/aromatic N) is 1. The SMILES string of the molecule is CNC(=O)C(C)CN(C)c1cc(F)c(C(=O)O)cc1N. The first-order valence-electron chi connectivity index (χ1n) is 6.03. The maximum absolute atomic E-state index is 13.7. The van der Waals surface area contributed by atoms with Crippen molar-refractivity contribution in [2.24, 2.45) is 5.92 Å².